The highest BCUT2D eigenvalue weighted by molar-refractivity contribution is 6.30. The van der Waals surface area contributed by atoms with Crippen LogP contribution in [-0.4, -0.2) is 58.5 Å². The summed E-state index contributed by atoms with van der Waals surface area (Å²) >= 11 is 5.83. The smallest absolute Gasteiger partial charge is 0.244 e. The number of piperazine rings is 1. The minimum atomic E-state index is 0.0718. The van der Waals surface area contributed by atoms with Crippen molar-refractivity contribution in [3.63, 3.8) is 0 Å². The number of aromatic nitrogens is 2. The maximum atomic E-state index is 12.3. The molecule has 3 heterocycles. The van der Waals surface area contributed by atoms with Gasteiger partial charge in [-0.2, -0.15) is 5.10 Å². The number of ether oxygens (including phenoxy) is 2. The molecule has 2 aliphatic rings. The standard InChI is InChI=1S/C17H19ClN4O3/c18-14-8-19-22(10-14)11-17(23)21-5-3-20(4-6-21)9-13-1-2-15-16(7-13)25-12-24-15/h1-2,7-8,10H,3-6,9,11-12H2. The molecule has 8 heteroatoms. The van der Waals surface area contributed by atoms with Crippen molar-refractivity contribution >= 4 is 17.5 Å². The van der Waals surface area contributed by atoms with Gasteiger partial charge < -0.3 is 14.4 Å². The van der Waals surface area contributed by atoms with Crippen LogP contribution in [0.15, 0.2) is 30.6 Å². The summed E-state index contributed by atoms with van der Waals surface area (Å²) in [6.07, 6.45) is 3.20. The Balaban J connectivity index is 1.28. The lowest BCUT2D eigenvalue weighted by Gasteiger charge is -2.34. The van der Waals surface area contributed by atoms with E-state index in [4.69, 9.17) is 21.1 Å². The van der Waals surface area contributed by atoms with Crippen molar-refractivity contribution in [2.24, 2.45) is 0 Å². The molecule has 4 rings (SSSR count). The minimum absolute atomic E-state index is 0.0718. The zero-order chi connectivity index (χ0) is 17.2. The Labute approximate surface area is 150 Å². The molecular formula is C17H19ClN4O3. The molecule has 25 heavy (non-hydrogen) atoms. The number of amides is 1. The summed E-state index contributed by atoms with van der Waals surface area (Å²) in [7, 11) is 0. The van der Waals surface area contributed by atoms with E-state index in [1.54, 1.807) is 10.9 Å². The lowest BCUT2D eigenvalue weighted by Crippen LogP contribution is -2.49. The molecule has 0 unspecified atom stereocenters. The van der Waals surface area contributed by atoms with E-state index in [1.165, 1.54) is 11.8 Å². The number of benzene rings is 1. The Bertz CT molecular complexity index is 771. The number of hydrogen-bond acceptors (Lipinski definition) is 5. The first kappa shape index (κ1) is 16.2. The fraction of sp³-hybridized carbons (Fsp3) is 0.412. The van der Waals surface area contributed by atoms with Crippen LogP contribution in [0.4, 0.5) is 0 Å². The van der Waals surface area contributed by atoms with E-state index < -0.39 is 0 Å². The van der Waals surface area contributed by atoms with Crippen LogP contribution in [-0.2, 0) is 17.9 Å². The van der Waals surface area contributed by atoms with Crippen molar-refractivity contribution in [2.45, 2.75) is 13.1 Å². The fourth-order valence-corrected chi connectivity index (χ4v) is 3.27. The first-order chi connectivity index (χ1) is 12.2. The maximum absolute atomic E-state index is 12.3. The van der Waals surface area contributed by atoms with Crippen LogP contribution >= 0.6 is 11.6 Å². The predicted octanol–water partition coefficient (Wildman–Crippen LogP) is 1.61. The van der Waals surface area contributed by atoms with Gasteiger partial charge in [-0.3, -0.25) is 14.4 Å². The highest BCUT2D eigenvalue weighted by Crippen LogP contribution is 2.32. The molecule has 0 saturated carbocycles. The number of fused-ring (bicyclic) bond motifs is 1. The number of halogens is 1. The second kappa shape index (κ2) is 6.93. The number of carbonyl (C=O) groups excluding carboxylic acids is 1. The Morgan fingerprint density at radius 2 is 1.96 bits per heavy atom. The van der Waals surface area contributed by atoms with Crippen molar-refractivity contribution in [3.05, 3.63) is 41.2 Å². The van der Waals surface area contributed by atoms with Gasteiger partial charge in [0.2, 0.25) is 12.7 Å². The summed E-state index contributed by atoms with van der Waals surface area (Å²) in [5.74, 6) is 1.68. The monoisotopic (exact) mass is 362 g/mol. The van der Waals surface area contributed by atoms with E-state index in [0.29, 0.717) is 11.8 Å². The third-order valence-electron chi connectivity index (χ3n) is 4.47. The third kappa shape index (κ3) is 3.72. The van der Waals surface area contributed by atoms with Gasteiger partial charge in [0.05, 0.1) is 11.2 Å². The molecule has 1 fully saturated rings. The molecule has 7 nitrogen and oxygen atoms in total. The molecule has 0 N–H and O–H groups in total. The summed E-state index contributed by atoms with van der Waals surface area (Å²) in [6, 6.07) is 6.04. The molecule has 0 radical (unpaired) electrons. The van der Waals surface area contributed by atoms with Crippen LogP contribution < -0.4 is 9.47 Å². The van der Waals surface area contributed by atoms with Gasteiger partial charge in [-0.05, 0) is 17.7 Å². The zero-order valence-corrected chi connectivity index (χ0v) is 14.5. The van der Waals surface area contributed by atoms with Crippen LogP contribution in [0.2, 0.25) is 5.02 Å². The highest BCUT2D eigenvalue weighted by atomic mass is 35.5. The molecule has 1 aromatic heterocycles. The molecule has 1 aromatic carbocycles. The fourth-order valence-electron chi connectivity index (χ4n) is 3.12. The van der Waals surface area contributed by atoms with Gasteiger partial charge in [0.15, 0.2) is 11.5 Å². The molecule has 1 saturated heterocycles. The van der Waals surface area contributed by atoms with E-state index in [1.807, 2.05) is 17.0 Å². The summed E-state index contributed by atoms with van der Waals surface area (Å²) < 4.78 is 12.3. The minimum Gasteiger partial charge on any atom is -0.454 e. The quantitative estimate of drug-likeness (QED) is 0.827. The van der Waals surface area contributed by atoms with Crippen molar-refractivity contribution in [2.75, 3.05) is 33.0 Å². The Hall–Kier alpha value is -2.25. The van der Waals surface area contributed by atoms with Gasteiger partial charge in [0, 0.05) is 38.9 Å². The SMILES string of the molecule is O=C(Cn1cc(Cl)cn1)N1CCN(Cc2ccc3c(c2)OCO3)CC1. The summed E-state index contributed by atoms with van der Waals surface area (Å²) in [5.41, 5.74) is 1.19. The first-order valence-electron chi connectivity index (χ1n) is 8.24. The number of carbonyl (C=O) groups is 1. The number of hydrogen-bond donors (Lipinski definition) is 0. The van der Waals surface area contributed by atoms with Gasteiger partial charge >= 0.3 is 0 Å². The second-order valence-corrected chi connectivity index (χ2v) is 6.64. The van der Waals surface area contributed by atoms with Crippen LogP contribution in [0, 0.1) is 0 Å². The van der Waals surface area contributed by atoms with E-state index in [9.17, 15) is 4.79 Å². The normalized spacial score (nSPS) is 17.1. The molecule has 132 valence electrons. The average Bonchev–Trinajstić information content (AvgIpc) is 3.24. The lowest BCUT2D eigenvalue weighted by atomic mass is 10.1. The lowest BCUT2D eigenvalue weighted by molar-refractivity contribution is -0.133. The number of rotatable bonds is 4. The van der Waals surface area contributed by atoms with Gasteiger partial charge in [0.25, 0.3) is 0 Å². The molecule has 0 aliphatic carbocycles. The van der Waals surface area contributed by atoms with Crippen LogP contribution in [0.25, 0.3) is 0 Å². The Kier molecular flexibility index (Phi) is 4.50. The molecule has 2 aliphatic heterocycles. The Morgan fingerprint density at radius 3 is 2.72 bits per heavy atom. The van der Waals surface area contributed by atoms with Gasteiger partial charge in [0.1, 0.15) is 6.54 Å². The van der Waals surface area contributed by atoms with E-state index >= 15 is 0 Å². The average molecular weight is 363 g/mol. The van der Waals surface area contributed by atoms with E-state index in [2.05, 4.69) is 16.1 Å². The summed E-state index contributed by atoms with van der Waals surface area (Å²) in [4.78, 5) is 16.6. The number of nitrogens with zero attached hydrogens (tertiary/aromatic N) is 4. The van der Waals surface area contributed by atoms with Crippen LogP contribution in [0.3, 0.4) is 0 Å². The van der Waals surface area contributed by atoms with Gasteiger partial charge in [-0.1, -0.05) is 17.7 Å². The molecule has 1 amide bonds. The van der Waals surface area contributed by atoms with E-state index in [-0.39, 0.29) is 12.5 Å². The van der Waals surface area contributed by atoms with Crippen LogP contribution in [0.5, 0.6) is 11.5 Å². The topological polar surface area (TPSA) is 59.8 Å². The maximum Gasteiger partial charge on any atom is 0.244 e. The van der Waals surface area contributed by atoms with Crippen molar-refractivity contribution in [1.29, 1.82) is 0 Å². The molecular weight excluding hydrogens is 344 g/mol. The highest BCUT2D eigenvalue weighted by Gasteiger charge is 2.22. The largest absolute Gasteiger partial charge is 0.454 e. The van der Waals surface area contributed by atoms with E-state index in [0.717, 1.165) is 44.2 Å². The third-order valence-corrected chi connectivity index (χ3v) is 4.66. The van der Waals surface area contributed by atoms with Crippen molar-refractivity contribution in [3.8, 4) is 11.5 Å². The summed E-state index contributed by atoms with van der Waals surface area (Å²) in [5, 5.41) is 4.60. The first-order valence-corrected chi connectivity index (χ1v) is 8.62. The Morgan fingerprint density at radius 1 is 1.16 bits per heavy atom. The van der Waals surface area contributed by atoms with Gasteiger partial charge in [-0.15, -0.1) is 0 Å². The molecule has 0 bridgehead atoms. The molecule has 0 atom stereocenters. The second-order valence-electron chi connectivity index (χ2n) is 6.20. The van der Waals surface area contributed by atoms with Crippen LogP contribution in [0.1, 0.15) is 5.56 Å². The summed E-state index contributed by atoms with van der Waals surface area (Å²) in [6.45, 7) is 4.50. The zero-order valence-electron chi connectivity index (χ0n) is 13.7. The molecule has 0 spiro atoms. The van der Waals surface area contributed by atoms with Gasteiger partial charge in [-0.25, -0.2) is 0 Å². The molecule has 2 aromatic rings. The van der Waals surface area contributed by atoms with Crippen molar-refractivity contribution < 1.29 is 14.3 Å². The predicted molar refractivity (Wildman–Crippen MR) is 91.7 cm³/mol. The van der Waals surface area contributed by atoms with Crippen molar-refractivity contribution in [1.82, 2.24) is 19.6 Å².